The highest BCUT2D eigenvalue weighted by molar-refractivity contribution is 7.13. The van der Waals surface area contributed by atoms with Crippen LogP contribution in [0.2, 0.25) is 0 Å². The van der Waals surface area contributed by atoms with Gasteiger partial charge in [0.2, 0.25) is 0 Å². The summed E-state index contributed by atoms with van der Waals surface area (Å²) in [6.07, 6.45) is 0. The Bertz CT molecular complexity index is 915. The van der Waals surface area contributed by atoms with E-state index in [2.05, 4.69) is 56.7 Å². The van der Waals surface area contributed by atoms with Crippen LogP contribution in [0.1, 0.15) is 23.7 Å². The Balaban J connectivity index is 1.22. The lowest BCUT2D eigenvalue weighted by atomic mass is 10.1. The van der Waals surface area contributed by atoms with Crippen molar-refractivity contribution in [2.24, 2.45) is 0 Å². The highest BCUT2D eigenvalue weighted by atomic mass is 32.1. The number of hydrogen-bond donors (Lipinski definition) is 1. The number of halogens is 1. The summed E-state index contributed by atoms with van der Waals surface area (Å²) < 4.78 is 13.1. The van der Waals surface area contributed by atoms with Crippen molar-refractivity contribution in [2.75, 3.05) is 32.7 Å². The Hall–Kier alpha value is -2.12. The minimum Gasteiger partial charge on any atom is -0.307 e. The number of piperazine rings is 1. The normalized spacial score (nSPS) is 15.5. The number of nitrogens with zero attached hydrogens (tertiary/aromatic N) is 3. The third-order valence-corrected chi connectivity index (χ3v) is 6.56. The van der Waals surface area contributed by atoms with Gasteiger partial charge in [0.25, 0.3) is 0 Å². The molecule has 0 spiro atoms. The first-order chi connectivity index (χ1) is 14.7. The van der Waals surface area contributed by atoms with Gasteiger partial charge < -0.3 is 10.2 Å². The first-order valence-corrected chi connectivity index (χ1v) is 11.5. The van der Waals surface area contributed by atoms with Gasteiger partial charge in [-0.15, -0.1) is 11.3 Å². The summed E-state index contributed by atoms with van der Waals surface area (Å²) in [6.45, 7) is 10.6. The molecule has 1 aromatic heterocycles. The molecule has 1 fully saturated rings. The topological polar surface area (TPSA) is 31.4 Å². The average molecular weight is 425 g/mol. The number of benzene rings is 2. The zero-order valence-corrected chi connectivity index (χ0v) is 18.3. The Morgan fingerprint density at radius 2 is 1.57 bits per heavy atom. The zero-order valence-electron chi connectivity index (χ0n) is 17.5. The Labute approximate surface area is 182 Å². The van der Waals surface area contributed by atoms with Gasteiger partial charge in [0.1, 0.15) is 10.8 Å². The van der Waals surface area contributed by atoms with E-state index in [-0.39, 0.29) is 5.82 Å². The van der Waals surface area contributed by atoms with Crippen molar-refractivity contribution in [3.8, 4) is 10.6 Å². The molecule has 0 bridgehead atoms. The number of nitrogens with one attached hydrogen (secondary N) is 1. The van der Waals surface area contributed by atoms with Crippen molar-refractivity contribution in [3.63, 3.8) is 0 Å². The molecular weight excluding hydrogens is 395 g/mol. The second-order valence-electron chi connectivity index (χ2n) is 7.78. The van der Waals surface area contributed by atoms with Crippen molar-refractivity contribution in [2.45, 2.75) is 26.6 Å². The second-order valence-corrected chi connectivity index (χ2v) is 8.64. The van der Waals surface area contributed by atoms with E-state index in [0.717, 1.165) is 55.5 Å². The van der Waals surface area contributed by atoms with E-state index in [1.807, 2.05) is 0 Å². The van der Waals surface area contributed by atoms with Crippen molar-refractivity contribution >= 4 is 11.3 Å². The fourth-order valence-corrected chi connectivity index (χ4v) is 4.56. The number of hydrogen-bond acceptors (Lipinski definition) is 5. The van der Waals surface area contributed by atoms with E-state index < -0.39 is 0 Å². The van der Waals surface area contributed by atoms with Gasteiger partial charge in [0.15, 0.2) is 0 Å². The smallest absolute Gasteiger partial charge is 0.123 e. The van der Waals surface area contributed by atoms with Gasteiger partial charge >= 0.3 is 0 Å². The summed E-state index contributed by atoms with van der Waals surface area (Å²) in [7, 11) is 0. The Morgan fingerprint density at radius 1 is 0.900 bits per heavy atom. The molecule has 4 nitrogen and oxygen atoms in total. The van der Waals surface area contributed by atoms with Crippen molar-refractivity contribution in [1.82, 2.24) is 20.1 Å². The van der Waals surface area contributed by atoms with Gasteiger partial charge in [-0.2, -0.15) is 0 Å². The predicted octanol–water partition coefficient (Wildman–Crippen LogP) is 4.38. The summed E-state index contributed by atoms with van der Waals surface area (Å²) in [5, 5.41) is 6.46. The molecule has 1 saturated heterocycles. The van der Waals surface area contributed by atoms with E-state index in [1.54, 1.807) is 23.5 Å². The molecule has 4 rings (SSSR count). The molecule has 3 aromatic rings. The van der Waals surface area contributed by atoms with E-state index in [4.69, 9.17) is 0 Å². The summed E-state index contributed by atoms with van der Waals surface area (Å²) in [5.74, 6) is -0.220. The maximum Gasteiger partial charge on any atom is 0.123 e. The van der Waals surface area contributed by atoms with Crippen LogP contribution in [0, 0.1) is 5.82 Å². The molecule has 1 N–H and O–H groups in total. The summed E-state index contributed by atoms with van der Waals surface area (Å²) >= 11 is 1.59. The molecule has 2 aromatic carbocycles. The minimum absolute atomic E-state index is 0.220. The number of aromatic nitrogens is 1. The fraction of sp³-hybridized carbons (Fsp3) is 0.375. The van der Waals surface area contributed by atoms with E-state index in [0.29, 0.717) is 0 Å². The van der Waals surface area contributed by atoms with Crippen LogP contribution >= 0.6 is 11.3 Å². The van der Waals surface area contributed by atoms with E-state index in [1.165, 1.54) is 36.3 Å². The molecule has 0 atom stereocenters. The van der Waals surface area contributed by atoms with Crippen LogP contribution < -0.4 is 5.32 Å². The molecular formula is C24H29FN4S. The maximum absolute atomic E-state index is 13.1. The quantitative estimate of drug-likeness (QED) is 0.582. The van der Waals surface area contributed by atoms with Crippen molar-refractivity contribution in [3.05, 3.63) is 76.5 Å². The largest absolute Gasteiger partial charge is 0.307 e. The third kappa shape index (κ3) is 5.73. The van der Waals surface area contributed by atoms with Gasteiger partial charge in [-0.05, 0) is 41.9 Å². The van der Waals surface area contributed by atoms with Crippen molar-refractivity contribution in [1.29, 1.82) is 0 Å². The molecule has 158 valence electrons. The molecule has 0 radical (unpaired) electrons. The summed E-state index contributed by atoms with van der Waals surface area (Å²) in [6, 6.07) is 15.4. The van der Waals surface area contributed by atoms with Gasteiger partial charge in [0, 0.05) is 56.8 Å². The molecule has 1 aliphatic heterocycles. The lowest BCUT2D eigenvalue weighted by Crippen LogP contribution is -2.45. The van der Waals surface area contributed by atoms with E-state index >= 15 is 0 Å². The lowest BCUT2D eigenvalue weighted by molar-refractivity contribution is 0.132. The molecule has 0 saturated carbocycles. The Kier molecular flexibility index (Phi) is 7.23. The minimum atomic E-state index is -0.220. The van der Waals surface area contributed by atoms with Crippen LogP contribution in [0.3, 0.4) is 0 Å². The van der Waals surface area contributed by atoms with Crippen LogP contribution in [0.5, 0.6) is 0 Å². The predicted molar refractivity (Wildman–Crippen MR) is 122 cm³/mol. The molecule has 1 aliphatic rings. The standard InChI is InChI=1S/C24H29FN4S/c1-2-28-11-13-29(14-12-28)17-20-5-3-19(4-6-20)15-26-16-23-18-30-24(27-23)21-7-9-22(25)10-8-21/h3-10,18,26H,2,11-17H2,1H3. The number of likely N-dealkylation sites (N-methyl/N-ethyl adjacent to an activating group) is 1. The second kappa shape index (κ2) is 10.3. The summed E-state index contributed by atoms with van der Waals surface area (Å²) in [5.41, 5.74) is 4.64. The first-order valence-electron chi connectivity index (χ1n) is 10.6. The molecule has 0 unspecified atom stereocenters. The Morgan fingerprint density at radius 3 is 2.27 bits per heavy atom. The molecule has 2 heterocycles. The van der Waals surface area contributed by atoms with Crippen LogP contribution in [-0.4, -0.2) is 47.5 Å². The highest BCUT2D eigenvalue weighted by Gasteiger charge is 2.15. The lowest BCUT2D eigenvalue weighted by Gasteiger charge is -2.34. The highest BCUT2D eigenvalue weighted by Crippen LogP contribution is 2.23. The number of thiazole rings is 1. The van der Waals surface area contributed by atoms with Gasteiger partial charge in [-0.3, -0.25) is 4.90 Å². The molecule has 30 heavy (non-hydrogen) atoms. The van der Waals surface area contributed by atoms with Gasteiger partial charge in [-0.1, -0.05) is 31.2 Å². The SMILES string of the molecule is CCN1CCN(Cc2ccc(CNCc3csc(-c4ccc(F)cc4)n3)cc2)CC1. The average Bonchev–Trinajstić information content (AvgIpc) is 3.25. The van der Waals surface area contributed by atoms with Crippen LogP contribution in [-0.2, 0) is 19.6 Å². The van der Waals surface area contributed by atoms with Crippen LogP contribution in [0.25, 0.3) is 10.6 Å². The van der Waals surface area contributed by atoms with Crippen LogP contribution in [0.4, 0.5) is 4.39 Å². The van der Waals surface area contributed by atoms with Gasteiger partial charge in [-0.25, -0.2) is 9.37 Å². The summed E-state index contributed by atoms with van der Waals surface area (Å²) in [4.78, 5) is 9.71. The van der Waals surface area contributed by atoms with Gasteiger partial charge in [0.05, 0.1) is 5.69 Å². The van der Waals surface area contributed by atoms with Crippen LogP contribution in [0.15, 0.2) is 53.9 Å². The van der Waals surface area contributed by atoms with E-state index in [9.17, 15) is 4.39 Å². The molecule has 0 aliphatic carbocycles. The molecule has 6 heteroatoms. The maximum atomic E-state index is 13.1. The fourth-order valence-electron chi connectivity index (χ4n) is 3.73. The number of rotatable bonds is 8. The zero-order chi connectivity index (χ0) is 20.8. The first kappa shape index (κ1) is 21.1. The van der Waals surface area contributed by atoms with Crippen molar-refractivity contribution < 1.29 is 4.39 Å². The third-order valence-electron chi connectivity index (χ3n) is 5.62. The molecule has 0 amide bonds. The monoisotopic (exact) mass is 424 g/mol.